The average Bonchev–Trinajstić information content (AvgIpc) is 3.40. The van der Waals surface area contributed by atoms with Crippen LogP contribution in [-0.2, 0) is 16.1 Å². The summed E-state index contributed by atoms with van der Waals surface area (Å²) in [7, 11) is 0. The second-order valence-corrected chi connectivity index (χ2v) is 8.00. The molecule has 1 N–H and O–H groups in total. The lowest BCUT2D eigenvalue weighted by atomic mass is 10.1. The summed E-state index contributed by atoms with van der Waals surface area (Å²) in [5, 5.41) is 3.04. The minimum absolute atomic E-state index is 0.0224. The number of esters is 1. The number of halogens is 2. The Hall–Kier alpha value is -3.62. The van der Waals surface area contributed by atoms with E-state index in [1.54, 1.807) is 31.2 Å². The molecule has 0 unspecified atom stereocenters. The van der Waals surface area contributed by atoms with Crippen LogP contribution in [-0.4, -0.2) is 35.2 Å². The molecule has 33 heavy (non-hydrogen) atoms. The van der Waals surface area contributed by atoms with Crippen molar-refractivity contribution in [2.75, 3.05) is 11.9 Å². The number of nitrogens with one attached hydrogen (secondary N) is 1. The van der Waals surface area contributed by atoms with Crippen LogP contribution in [0.2, 0.25) is 10.0 Å². The van der Waals surface area contributed by atoms with Gasteiger partial charge in [-0.1, -0.05) is 29.3 Å². The quantitative estimate of drug-likeness (QED) is 0.406. The molecule has 0 fully saturated rings. The minimum atomic E-state index is -0.834. The molecule has 0 bridgehead atoms. The van der Waals surface area contributed by atoms with Gasteiger partial charge >= 0.3 is 5.97 Å². The number of benzene rings is 2. The summed E-state index contributed by atoms with van der Waals surface area (Å²) in [5.41, 5.74) is 1.20. The third-order valence-corrected chi connectivity index (χ3v) is 5.79. The molecule has 1 aromatic heterocycles. The zero-order chi connectivity index (χ0) is 23.7. The first kappa shape index (κ1) is 22.6. The highest BCUT2D eigenvalue weighted by atomic mass is 35.5. The number of ether oxygens (including phenoxy) is 1. The molecule has 168 valence electrons. The molecular weight excluding hydrogens is 471 g/mol. The highest BCUT2D eigenvalue weighted by molar-refractivity contribution is 6.40. The fourth-order valence-electron chi connectivity index (χ4n) is 3.28. The van der Waals surface area contributed by atoms with Crippen LogP contribution in [0.4, 0.5) is 5.69 Å². The van der Waals surface area contributed by atoms with E-state index in [0.717, 1.165) is 4.90 Å². The first-order valence-electron chi connectivity index (χ1n) is 9.70. The number of amides is 3. The molecule has 0 radical (unpaired) electrons. The van der Waals surface area contributed by atoms with E-state index in [1.165, 1.54) is 24.5 Å². The van der Waals surface area contributed by atoms with E-state index in [0.29, 0.717) is 11.3 Å². The van der Waals surface area contributed by atoms with Crippen molar-refractivity contribution in [2.24, 2.45) is 0 Å². The number of carbonyl (C=O) groups is 4. The molecule has 1 aliphatic rings. The molecule has 0 atom stereocenters. The van der Waals surface area contributed by atoms with Gasteiger partial charge in [0.15, 0.2) is 6.61 Å². The standard InChI is InChI=1S/C23H16Cl2N2O6/c1-12-4-7-17(24)20(19(12)25)26-18(28)11-33-23(31)13-5-6-15-16(9-13)22(30)27(21(15)29)10-14-3-2-8-32-14/h2-9H,10-11H2,1H3,(H,26,28). The third kappa shape index (κ3) is 4.48. The molecule has 1 aliphatic heterocycles. The van der Waals surface area contributed by atoms with Crippen molar-refractivity contribution < 1.29 is 28.3 Å². The number of hydrogen-bond acceptors (Lipinski definition) is 6. The van der Waals surface area contributed by atoms with Gasteiger partial charge in [0.25, 0.3) is 17.7 Å². The van der Waals surface area contributed by atoms with Crippen LogP contribution in [0.3, 0.4) is 0 Å². The third-order valence-electron chi connectivity index (χ3n) is 4.98. The summed E-state index contributed by atoms with van der Waals surface area (Å²) in [5.74, 6) is -2.07. The summed E-state index contributed by atoms with van der Waals surface area (Å²) in [6.07, 6.45) is 1.44. The predicted octanol–water partition coefficient (Wildman–Crippen LogP) is 4.49. The van der Waals surface area contributed by atoms with Crippen molar-refractivity contribution >= 4 is 52.6 Å². The van der Waals surface area contributed by atoms with E-state index in [1.807, 2.05) is 0 Å². The number of hydrogen-bond donors (Lipinski definition) is 1. The first-order chi connectivity index (χ1) is 15.8. The Bertz CT molecular complexity index is 1290. The summed E-state index contributed by atoms with van der Waals surface area (Å²) in [6, 6.07) is 10.6. The fraction of sp³-hybridized carbons (Fsp3) is 0.130. The average molecular weight is 487 g/mol. The maximum atomic E-state index is 12.7. The fourth-order valence-corrected chi connectivity index (χ4v) is 3.75. The van der Waals surface area contributed by atoms with E-state index in [2.05, 4.69) is 5.32 Å². The van der Waals surface area contributed by atoms with Gasteiger partial charge in [0.2, 0.25) is 0 Å². The molecule has 3 aromatic rings. The Balaban J connectivity index is 1.42. The highest BCUT2D eigenvalue weighted by Gasteiger charge is 2.36. The second-order valence-electron chi connectivity index (χ2n) is 7.21. The molecule has 3 amide bonds. The van der Waals surface area contributed by atoms with Crippen molar-refractivity contribution in [3.05, 3.63) is 86.8 Å². The molecule has 2 heterocycles. The van der Waals surface area contributed by atoms with Crippen LogP contribution in [0.25, 0.3) is 0 Å². The Kier molecular flexibility index (Phi) is 6.22. The number of fused-ring (bicyclic) bond motifs is 1. The van der Waals surface area contributed by atoms with Gasteiger partial charge in [-0.15, -0.1) is 0 Å². The molecule has 2 aromatic carbocycles. The van der Waals surface area contributed by atoms with Gasteiger partial charge in [-0.25, -0.2) is 4.79 Å². The molecule has 0 aliphatic carbocycles. The summed E-state index contributed by atoms with van der Waals surface area (Å²) in [4.78, 5) is 50.9. The lowest BCUT2D eigenvalue weighted by molar-refractivity contribution is -0.119. The van der Waals surface area contributed by atoms with Crippen LogP contribution in [0.15, 0.2) is 53.1 Å². The lowest BCUT2D eigenvalue weighted by Gasteiger charge is -2.11. The summed E-state index contributed by atoms with van der Waals surface area (Å²) < 4.78 is 10.2. The van der Waals surface area contributed by atoms with Gasteiger partial charge < -0.3 is 14.5 Å². The molecule has 10 heteroatoms. The molecule has 0 saturated heterocycles. The number of carbonyl (C=O) groups excluding carboxylic acids is 4. The highest BCUT2D eigenvalue weighted by Crippen LogP contribution is 2.33. The Morgan fingerprint density at radius 2 is 1.82 bits per heavy atom. The minimum Gasteiger partial charge on any atom is -0.467 e. The Labute approximate surface area is 198 Å². The predicted molar refractivity (Wildman–Crippen MR) is 119 cm³/mol. The van der Waals surface area contributed by atoms with E-state index in [4.69, 9.17) is 32.4 Å². The maximum absolute atomic E-state index is 12.7. The smallest absolute Gasteiger partial charge is 0.338 e. The summed E-state index contributed by atoms with van der Waals surface area (Å²) >= 11 is 12.2. The van der Waals surface area contributed by atoms with Crippen molar-refractivity contribution in [3.8, 4) is 0 Å². The number of furan rings is 1. The first-order valence-corrected chi connectivity index (χ1v) is 10.5. The van der Waals surface area contributed by atoms with Crippen molar-refractivity contribution in [1.29, 1.82) is 0 Å². The van der Waals surface area contributed by atoms with Gasteiger partial charge in [0.1, 0.15) is 5.76 Å². The van der Waals surface area contributed by atoms with Crippen molar-refractivity contribution in [1.82, 2.24) is 4.90 Å². The van der Waals surface area contributed by atoms with Crippen LogP contribution in [0, 0.1) is 6.92 Å². The van der Waals surface area contributed by atoms with Crippen molar-refractivity contribution in [2.45, 2.75) is 13.5 Å². The van der Waals surface area contributed by atoms with Crippen molar-refractivity contribution in [3.63, 3.8) is 0 Å². The zero-order valence-electron chi connectivity index (χ0n) is 17.2. The second kappa shape index (κ2) is 9.09. The topological polar surface area (TPSA) is 106 Å². The molecule has 0 spiro atoms. The molecular formula is C23H16Cl2N2O6. The Morgan fingerprint density at radius 3 is 2.55 bits per heavy atom. The van der Waals surface area contributed by atoms with Gasteiger partial charge in [0, 0.05) is 0 Å². The normalized spacial score (nSPS) is 12.6. The number of rotatable bonds is 6. The SMILES string of the molecule is Cc1ccc(Cl)c(NC(=O)COC(=O)c2ccc3c(c2)C(=O)N(Cc2ccco2)C3=O)c1Cl. The largest absolute Gasteiger partial charge is 0.467 e. The van der Waals surface area contributed by atoms with Gasteiger partial charge in [-0.05, 0) is 48.9 Å². The maximum Gasteiger partial charge on any atom is 0.338 e. The van der Waals surface area contributed by atoms with Gasteiger partial charge in [-0.3, -0.25) is 19.3 Å². The summed E-state index contributed by atoms with van der Waals surface area (Å²) in [6.45, 7) is 1.13. The van der Waals surface area contributed by atoms with Crippen LogP contribution < -0.4 is 5.32 Å². The van der Waals surface area contributed by atoms with E-state index >= 15 is 0 Å². The zero-order valence-corrected chi connectivity index (χ0v) is 18.7. The van der Waals surface area contributed by atoms with E-state index < -0.39 is 30.3 Å². The molecule has 0 saturated carbocycles. The number of imide groups is 1. The molecule has 8 nitrogen and oxygen atoms in total. The number of anilines is 1. The monoisotopic (exact) mass is 486 g/mol. The van der Waals surface area contributed by atoms with E-state index in [9.17, 15) is 19.2 Å². The number of aryl methyl sites for hydroxylation is 1. The Morgan fingerprint density at radius 1 is 1.06 bits per heavy atom. The van der Waals surface area contributed by atoms with Gasteiger partial charge in [0.05, 0.1) is 45.2 Å². The molecule has 4 rings (SSSR count). The lowest BCUT2D eigenvalue weighted by Crippen LogP contribution is -2.28. The van der Waals surface area contributed by atoms with Gasteiger partial charge in [-0.2, -0.15) is 0 Å². The van der Waals surface area contributed by atoms with Crippen LogP contribution in [0.1, 0.15) is 42.4 Å². The van der Waals surface area contributed by atoms with Crippen LogP contribution in [0.5, 0.6) is 0 Å². The van der Waals surface area contributed by atoms with Crippen LogP contribution >= 0.6 is 23.2 Å². The number of nitrogens with zero attached hydrogens (tertiary/aromatic N) is 1. The van der Waals surface area contributed by atoms with E-state index in [-0.39, 0.29) is 39.0 Å².